The Labute approximate surface area is 159 Å². The summed E-state index contributed by atoms with van der Waals surface area (Å²) < 4.78 is 42.8. The van der Waals surface area contributed by atoms with Crippen molar-refractivity contribution < 1.29 is 69.1 Å². The van der Waals surface area contributed by atoms with Gasteiger partial charge in [0.2, 0.25) is 0 Å². The largest absolute Gasteiger partial charge is 1.00 e. The number of hydrogen-bond donors (Lipinski definition) is 0. The van der Waals surface area contributed by atoms with Gasteiger partial charge in [0.15, 0.2) is 0 Å². The van der Waals surface area contributed by atoms with E-state index in [1.807, 2.05) is 31.2 Å². The summed E-state index contributed by atoms with van der Waals surface area (Å²) in [5, 5.41) is 0. The van der Waals surface area contributed by atoms with Gasteiger partial charge in [-0.3, -0.25) is 0 Å². The molecule has 0 saturated heterocycles. The van der Waals surface area contributed by atoms with Gasteiger partial charge in [0, 0.05) is 0 Å². The summed E-state index contributed by atoms with van der Waals surface area (Å²) in [6.07, 6.45) is 0. The minimum atomic E-state index is -4.94. The van der Waals surface area contributed by atoms with Gasteiger partial charge in [-0.15, -0.1) is 5.46 Å². The first kappa shape index (κ1) is 17.8. The van der Waals surface area contributed by atoms with Crippen molar-refractivity contribution in [1.29, 1.82) is 0 Å². The SMILES string of the molecule is Cc1cccc(COc2ccc([B-](F)(F)F)cc2)c1.[K+]. The molecule has 0 unspecified atom stereocenters. The van der Waals surface area contributed by atoms with Crippen LogP contribution in [0.15, 0.2) is 48.5 Å². The van der Waals surface area contributed by atoms with Crippen LogP contribution in [-0.2, 0) is 6.61 Å². The topological polar surface area (TPSA) is 9.23 Å². The molecule has 0 bridgehead atoms. The maximum Gasteiger partial charge on any atom is 1.00 e. The molecule has 0 saturated carbocycles. The Morgan fingerprint density at radius 1 is 1.00 bits per heavy atom. The zero-order chi connectivity index (χ0) is 13.9. The molecule has 0 heterocycles. The monoisotopic (exact) mass is 304 g/mol. The van der Waals surface area contributed by atoms with Gasteiger partial charge in [-0.1, -0.05) is 42.0 Å². The molecule has 0 amide bonds. The van der Waals surface area contributed by atoms with Crippen molar-refractivity contribution in [3.63, 3.8) is 0 Å². The number of halogens is 3. The predicted molar refractivity (Wildman–Crippen MR) is 70.7 cm³/mol. The molecule has 2 rings (SSSR count). The van der Waals surface area contributed by atoms with Crippen molar-refractivity contribution in [1.82, 2.24) is 0 Å². The van der Waals surface area contributed by atoms with Crippen LogP contribution in [0.3, 0.4) is 0 Å². The Morgan fingerprint density at radius 2 is 1.65 bits per heavy atom. The van der Waals surface area contributed by atoms with Gasteiger partial charge < -0.3 is 17.7 Å². The third kappa shape index (κ3) is 5.26. The van der Waals surface area contributed by atoms with E-state index < -0.39 is 12.4 Å². The smallest absolute Gasteiger partial charge is 0.489 e. The summed E-state index contributed by atoms with van der Waals surface area (Å²) in [6.45, 7) is -2.62. The summed E-state index contributed by atoms with van der Waals surface area (Å²) in [5.74, 6) is 0.435. The molecule has 100 valence electrons. The molecular weight excluding hydrogens is 291 g/mol. The number of hydrogen-bond acceptors (Lipinski definition) is 1. The molecule has 0 atom stereocenters. The van der Waals surface area contributed by atoms with Crippen molar-refractivity contribution >= 4 is 12.4 Å². The Balaban J connectivity index is 0.00000200. The van der Waals surface area contributed by atoms with Gasteiger partial charge in [-0.05, 0) is 24.6 Å². The van der Waals surface area contributed by atoms with E-state index in [0.717, 1.165) is 23.3 Å². The third-order valence-electron chi connectivity index (χ3n) is 2.75. The molecule has 0 radical (unpaired) electrons. The van der Waals surface area contributed by atoms with Crippen molar-refractivity contribution in [2.24, 2.45) is 0 Å². The van der Waals surface area contributed by atoms with Crippen LogP contribution in [0.1, 0.15) is 11.1 Å². The van der Waals surface area contributed by atoms with E-state index in [-0.39, 0.29) is 51.4 Å². The molecule has 20 heavy (non-hydrogen) atoms. The number of rotatable bonds is 4. The van der Waals surface area contributed by atoms with E-state index in [1.54, 1.807) is 0 Å². The second-order valence-corrected chi connectivity index (χ2v) is 4.42. The molecular formula is C14H13BF3KO. The van der Waals surface area contributed by atoms with Crippen LogP contribution in [0.25, 0.3) is 0 Å². The van der Waals surface area contributed by atoms with Crippen LogP contribution in [0.4, 0.5) is 12.9 Å². The Bertz CT molecular complexity index is 555. The van der Waals surface area contributed by atoms with Crippen LogP contribution >= 0.6 is 0 Å². The number of benzene rings is 2. The molecule has 6 heteroatoms. The second kappa shape index (κ2) is 7.66. The van der Waals surface area contributed by atoms with Crippen LogP contribution in [0, 0.1) is 6.92 Å². The second-order valence-electron chi connectivity index (χ2n) is 4.42. The van der Waals surface area contributed by atoms with Crippen molar-refractivity contribution in [3.05, 3.63) is 59.7 Å². The molecule has 0 N–H and O–H groups in total. The molecule has 2 aromatic rings. The fourth-order valence-electron chi connectivity index (χ4n) is 1.75. The fraction of sp³-hybridized carbons (Fsp3) is 0.143. The van der Waals surface area contributed by atoms with Crippen molar-refractivity contribution in [2.75, 3.05) is 0 Å². The average Bonchev–Trinajstić information content (AvgIpc) is 2.36. The molecule has 0 aromatic heterocycles. The van der Waals surface area contributed by atoms with E-state index >= 15 is 0 Å². The summed E-state index contributed by atoms with van der Waals surface area (Å²) in [5.41, 5.74) is 1.50. The van der Waals surface area contributed by atoms with Gasteiger partial charge in [0.1, 0.15) is 12.4 Å². The first-order valence-electron chi connectivity index (χ1n) is 5.93. The first-order chi connectivity index (χ1) is 8.95. The summed E-state index contributed by atoms with van der Waals surface area (Å²) >= 11 is 0. The average molecular weight is 304 g/mol. The van der Waals surface area contributed by atoms with Gasteiger partial charge in [-0.2, -0.15) is 0 Å². The fourth-order valence-corrected chi connectivity index (χ4v) is 1.75. The van der Waals surface area contributed by atoms with Crippen LogP contribution in [0.5, 0.6) is 5.75 Å². The van der Waals surface area contributed by atoms with Gasteiger partial charge in [0.05, 0.1) is 0 Å². The molecule has 0 fully saturated rings. The zero-order valence-electron chi connectivity index (χ0n) is 11.4. The molecule has 0 aliphatic rings. The maximum absolute atomic E-state index is 12.4. The van der Waals surface area contributed by atoms with E-state index in [2.05, 4.69) is 0 Å². The predicted octanol–water partition coefficient (Wildman–Crippen LogP) is 0.632. The van der Waals surface area contributed by atoms with E-state index in [1.165, 1.54) is 12.1 Å². The zero-order valence-corrected chi connectivity index (χ0v) is 14.6. The summed E-state index contributed by atoms with van der Waals surface area (Å²) in [4.78, 5) is 0. The molecule has 2 aromatic carbocycles. The third-order valence-corrected chi connectivity index (χ3v) is 2.75. The molecule has 0 aliphatic carbocycles. The molecule has 0 aliphatic heterocycles. The van der Waals surface area contributed by atoms with Gasteiger partial charge in [-0.25, -0.2) is 0 Å². The first-order valence-corrected chi connectivity index (χ1v) is 5.93. The molecule has 0 spiro atoms. The number of aryl methyl sites for hydroxylation is 1. The van der Waals surface area contributed by atoms with E-state index in [4.69, 9.17) is 4.74 Å². The van der Waals surface area contributed by atoms with Crippen LogP contribution in [-0.4, -0.2) is 6.98 Å². The maximum atomic E-state index is 12.4. The van der Waals surface area contributed by atoms with Gasteiger partial charge >= 0.3 is 58.4 Å². The van der Waals surface area contributed by atoms with Crippen LogP contribution < -0.4 is 61.6 Å². The Hall–Kier alpha value is -0.269. The van der Waals surface area contributed by atoms with Crippen LogP contribution in [0.2, 0.25) is 0 Å². The standard InChI is InChI=1S/C14H13BF3O.K/c1-11-3-2-4-12(9-11)10-19-14-7-5-13(6-8-14)15(16,17)18;/h2-9H,10H2,1H3;/q-1;+1. The van der Waals surface area contributed by atoms with Crippen molar-refractivity contribution in [2.45, 2.75) is 13.5 Å². The van der Waals surface area contributed by atoms with Gasteiger partial charge in [0.25, 0.3) is 0 Å². The minimum Gasteiger partial charge on any atom is -0.489 e. The van der Waals surface area contributed by atoms with E-state index in [0.29, 0.717) is 12.4 Å². The Kier molecular flexibility index (Phi) is 6.81. The number of ether oxygens (including phenoxy) is 1. The Morgan fingerprint density at radius 3 is 2.20 bits per heavy atom. The van der Waals surface area contributed by atoms with Crippen molar-refractivity contribution in [3.8, 4) is 5.75 Å². The molecule has 1 nitrogen and oxygen atoms in total. The quantitative estimate of drug-likeness (QED) is 0.753. The summed E-state index contributed by atoms with van der Waals surface area (Å²) in [6, 6.07) is 12.6. The normalized spacial score (nSPS) is 10.8. The van der Waals surface area contributed by atoms with E-state index in [9.17, 15) is 12.9 Å². The summed E-state index contributed by atoms with van der Waals surface area (Å²) in [7, 11) is 0. The minimum absolute atomic E-state index is 0.